The summed E-state index contributed by atoms with van der Waals surface area (Å²) < 4.78 is 6.36. The molecule has 0 saturated carbocycles. The van der Waals surface area contributed by atoms with Crippen molar-refractivity contribution in [3.8, 4) is 16.9 Å². The first kappa shape index (κ1) is 21.5. The molecule has 1 aromatic heterocycles. The Kier molecular flexibility index (Phi) is 7.21. The number of aromatic nitrogens is 2. The lowest BCUT2D eigenvalue weighted by molar-refractivity contribution is -0.141. The number of carbonyl (C=O) groups excluding carboxylic acids is 2. The Morgan fingerprint density at radius 1 is 1.13 bits per heavy atom. The minimum absolute atomic E-state index is 0.133. The number of carbonyl (C=O) groups is 2. The molecule has 0 radical (unpaired) electrons. The van der Waals surface area contributed by atoms with Crippen molar-refractivity contribution in [1.82, 2.24) is 20.0 Å². The normalized spacial score (nSPS) is 10.8. The van der Waals surface area contributed by atoms with Crippen LogP contribution < -0.4 is 5.32 Å². The summed E-state index contributed by atoms with van der Waals surface area (Å²) in [6.45, 7) is 0.481. The summed E-state index contributed by atoms with van der Waals surface area (Å²) in [6.07, 6.45) is 1.96. The van der Waals surface area contributed by atoms with E-state index in [2.05, 4.69) is 10.1 Å². The number of nitrogens with zero attached hydrogens (tertiary/aromatic N) is 3. The smallest absolute Gasteiger partial charge is 0.325 e. The molecule has 0 unspecified atom stereocenters. The van der Waals surface area contributed by atoms with Gasteiger partial charge in [-0.25, -0.2) is 4.68 Å². The van der Waals surface area contributed by atoms with Crippen LogP contribution in [0.4, 0.5) is 0 Å². The summed E-state index contributed by atoms with van der Waals surface area (Å²) in [4.78, 5) is 25.1. The number of rotatable bonds is 8. The van der Waals surface area contributed by atoms with Crippen LogP contribution >= 0.6 is 11.6 Å². The molecule has 0 aliphatic rings. The Bertz CT molecular complexity index is 1000. The molecule has 8 heteroatoms. The van der Waals surface area contributed by atoms with Crippen LogP contribution in [0.1, 0.15) is 5.56 Å². The number of esters is 1. The molecule has 30 heavy (non-hydrogen) atoms. The monoisotopic (exact) mass is 426 g/mol. The number of para-hydroxylation sites is 1. The van der Waals surface area contributed by atoms with Crippen molar-refractivity contribution in [1.29, 1.82) is 0 Å². The van der Waals surface area contributed by atoms with Crippen LogP contribution in [0.5, 0.6) is 0 Å². The number of nitrogens with one attached hydrogen (secondary N) is 1. The van der Waals surface area contributed by atoms with Gasteiger partial charge in [0.1, 0.15) is 6.54 Å². The third kappa shape index (κ3) is 5.68. The predicted octanol–water partition coefficient (Wildman–Crippen LogP) is 2.91. The van der Waals surface area contributed by atoms with Crippen molar-refractivity contribution in [3.05, 3.63) is 71.4 Å². The molecule has 0 spiro atoms. The fraction of sp³-hybridized carbons (Fsp3) is 0.227. The second kappa shape index (κ2) is 10.0. The minimum Gasteiger partial charge on any atom is -0.468 e. The van der Waals surface area contributed by atoms with Crippen molar-refractivity contribution in [2.45, 2.75) is 6.54 Å². The third-order valence-corrected chi connectivity index (χ3v) is 4.69. The van der Waals surface area contributed by atoms with E-state index in [1.54, 1.807) is 0 Å². The fourth-order valence-corrected chi connectivity index (χ4v) is 3.11. The van der Waals surface area contributed by atoms with Gasteiger partial charge in [-0.05, 0) is 31.3 Å². The molecule has 7 nitrogen and oxygen atoms in total. The van der Waals surface area contributed by atoms with Crippen LogP contribution in [0, 0.1) is 0 Å². The van der Waals surface area contributed by atoms with Crippen LogP contribution in [0.25, 0.3) is 16.9 Å². The van der Waals surface area contributed by atoms with Crippen molar-refractivity contribution in [2.75, 3.05) is 27.2 Å². The van der Waals surface area contributed by atoms with E-state index in [4.69, 9.17) is 16.7 Å². The molecule has 0 saturated heterocycles. The third-order valence-electron chi connectivity index (χ3n) is 4.44. The largest absolute Gasteiger partial charge is 0.468 e. The van der Waals surface area contributed by atoms with Crippen LogP contribution in [0.15, 0.2) is 60.8 Å². The number of hydrogen-bond acceptors (Lipinski definition) is 5. The summed E-state index contributed by atoms with van der Waals surface area (Å²) in [5, 5.41) is 7.97. The number of ether oxygens (including phenoxy) is 1. The van der Waals surface area contributed by atoms with E-state index in [9.17, 15) is 9.59 Å². The Morgan fingerprint density at radius 2 is 1.83 bits per heavy atom. The molecule has 1 heterocycles. The van der Waals surface area contributed by atoms with E-state index in [-0.39, 0.29) is 19.0 Å². The summed E-state index contributed by atoms with van der Waals surface area (Å²) >= 11 is 6.03. The highest BCUT2D eigenvalue weighted by Gasteiger charge is 2.16. The van der Waals surface area contributed by atoms with E-state index < -0.39 is 5.97 Å². The second-order valence-electron chi connectivity index (χ2n) is 6.82. The summed E-state index contributed by atoms with van der Waals surface area (Å²) in [7, 11) is 3.12. The van der Waals surface area contributed by atoms with Gasteiger partial charge < -0.3 is 10.1 Å². The van der Waals surface area contributed by atoms with E-state index in [0.717, 1.165) is 22.5 Å². The predicted molar refractivity (Wildman–Crippen MR) is 115 cm³/mol. The average molecular weight is 427 g/mol. The van der Waals surface area contributed by atoms with Crippen LogP contribution in [0.2, 0.25) is 5.02 Å². The van der Waals surface area contributed by atoms with E-state index in [1.807, 2.05) is 77.4 Å². The molecule has 0 fully saturated rings. The topological polar surface area (TPSA) is 76.5 Å². The molecule has 0 bridgehead atoms. The molecule has 1 amide bonds. The van der Waals surface area contributed by atoms with Gasteiger partial charge in [-0.3, -0.25) is 14.5 Å². The van der Waals surface area contributed by atoms with Gasteiger partial charge in [-0.2, -0.15) is 5.10 Å². The zero-order valence-electron chi connectivity index (χ0n) is 16.8. The zero-order valence-corrected chi connectivity index (χ0v) is 17.6. The van der Waals surface area contributed by atoms with Gasteiger partial charge in [0.2, 0.25) is 5.91 Å². The first-order valence-corrected chi connectivity index (χ1v) is 9.76. The van der Waals surface area contributed by atoms with Gasteiger partial charge in [0.15, 0.2) is 0 Å². The maximum atomic E-state index is 12.1. The highest BCUT2D eigenvalue weighted by atomic mass is 35.5. The average Bonchev–Trinajstić information content (AvgIpc) is 3.16. The van der Waals surface area contributed by atoms with E-state index in [1.165, 1.54) is 7.11 Å². The van der Waals surface area contributed by atoms with Crippen LogP contribution in [0.3, 0.4) is 0 Å². The Balaban J connectivity index is 1.80. The maximum Gasteiger partial charge on any atom is 0.325 e. The Labute approximate surface area is 180 Å². The SMILES string of the molecule is COC(=O)CNC(=O)CN(C)Cc1cn(-c2ccccc2)nc1-c1ccc(Cl)cc1. The fourth-order valence-electron chi connectivity index (χ4n) is 2.98. The van der Waals surface area contributed by atoms with Crippen LogP contribution in [-0.4, -0.2) is 53.8 Å². The number of halogens is 1. The lowest BCUT2D eigenvalue weighted by Gasteiger charge is -2.16. The number of hydrogen-bond donors (Lipinski definition) is 1. The molecule has 0 aliphatic carbocycles. The molecule has 3 rings (SSSR count). The van der Waals surface area contributed by atoms with E-state index in [0.29, 0.717) is 11.6 Å². The first-order chi connectivity index (χ1) is 14.5. The van der Waals surface area contributed by atoms with Crippen molar-refractivity contribution < 1.29 is 14.3 Å². The highest BCUT2D eigenvalue weighted by Crippen LogP contribution is 2.26. The van der Waals surface area contributed by atoms with Gasteiger partial charge >= 0.3 is 5.97 Å². The molecule has 1 N–H and O–H groups in total. The van der Waals surface area contributed by atoms with E-state index >= 15 is 0 Å². The van der Waals surface area contributed by atoms with Gasteiger partial charge in [-0.15, -0.1) is 0 Å². The Hall–Kier alpha value is -3.16. The lowest BCUT2D eigenvalue weighted by atomic mass is 10.1. The summed E-state index contributed by atoms with van der Waals surface area (Å²) in [6, 6.07) is 17.3. The van der Waals surface area contributed by atoms with Gasteiger partial charge in [0.05, 0.1) is 25.0 Å². The van der Waals surface area contributed by atoms with Gasteiger partial charge in [0, 0.05) is 28.9 Å². The minimum atomic E-state index is -0.486. The number of amides is 1. The lowest BCUT2D eigenvalue weighted by Crippen LogP contribution is -2.37. The summed E-state index contributed by atoms with van der Waals surface area (Å²) in [5.74, 6) is -0.744. The summed E-state index contributed by atoms with van der Waals surface area (Å²) in [5.41, 5.74) is 3.66. The molecule has 0 atom stereocenters. The Morgan fingerprint density at radius 3 is 2.50 bits per heavy atom. The van der Waals surface area contributed by atoms with Gasteiger partial charge in [0.25, 0.3) is 0 Å². The van der Waals surface area contributed by atoms with Crippen molar-refractivity contribution in [2.24, 2.45) is 0 Å². The van der Waals surface area contributed by atoms with Crippen molar-refractivity contribution in [3.63, 3.8) is 0 Å². The number of likely N-dealkylation sites (N-methyl/N-ethyl adjacent to an activating group) is 1. The molecular weight excluding hydrogens is 404 g/mol. The van der Waals surface area contributed by atoms with Gasteiger partial charge in [-0.1, -0.05) is 41.9 Å². The standard InChI is InChI=1S/C22H23ClN4O3/c1-26(15-20(28)24-12-21(29)30-2)13-17-14-27(19-6-4-3-5-7-19)25-22(17)16-8-10-18(23)11-9-16/h3-11,14H,12-13,15H2,1-2H3,(H,24,28). The molecule has 2 aromatic carbocycles. The first-order valence-electron chi connectivity index (χ1n) is 9.38. The zero-order chi connectivity index (χ0) is 21.5. The maximum absolute atomic E-state index is 12.1. The van der Waals surface area contributed by atoms with Crippen LogP contribution in [-0.2, 0) is 20.9 Å². The molecular formula is C22H23ClN4O3. The second-order valence-corrected chi connectivity index (χ2v) is 7.25. The molecule has 0 aliphatic heterocycles. The molecule has 156 valence electrons. The number of methoxy groups -OCH3 is 1. The number of benzene rings is 2. The quantitative estimate of drug-likeness (QED) is 0.560. The van der Waals surface area contributed by atoms with Crippen molar-refractivity contribution >= 4 is 23.5 Å². The highest BCUT2D eigenvalue weighted by molar-refractivity contribution is 6.30. The molecule has 3 aromatic rings.